The number of hydrogen-bond acceptors (Lipinski definition) is 2. The van der Waals surface area contributed by atoms with Crippen LogP contribution in [0.5, 0.6) is 5.75 Å². The first kappa shape index (κ1) is 13.1. The number of rotatable bonds is 2. The number of methoxy groups -OCH3 is 1. The Morgan fingerprint density at radius 1 is 1.16 bits per heavy atom. The Bertz CT molecular complexity index is 612. The summed E-state index contributed by atoms with van der Waals surface area (Å²) < 4.78 is 18.1. The van der Waals surface area contributed by atoms with Crippen molar-refractivity contribution < 1.29 is 14.2 Å². The Balaban J connectivity index is 2.26. The summed E-state index contributed by atoms with van der Waals surface area (Å²) in [7, 11) is 1.43. The minimum Gasteiger partial charge on any atom is -0.496 e. The van der Waals surface area contributed by atoms with Crippen LogP contribution in [0.3, 0.4) is 0 Å². The lowest BCUT2D eigenvalue weighted by Crippen LogP contribution is -1.99. The molecule has 0 saturated heterocycles. The van der Waals surface area contributed by atoms with Gasteiger partial charge in [-0.25, -0.2) is 4.39 Å². The topological polar surface area (TPSA) is 29.5 Å². The predicted octanol–water partition coefficient (Wildman–Crippen LogP) is 2.92. The molecule has 0 fully saturated rings. The molecule has 3 heteroatoms. The second-order valence-corrected chi connectivity index (χ2v) is 3.92. The summed E-state index contributed by atoms with van der Waals surface area (Å²) in [4.78, 5) is 0. The van der Waals surface area contributed by atoms with Crippen molar-refractivity contribution in [3.8, 4) is 17.6 Å². The highest BCUT2D eigenvalue weighted by atomic mass is 19.1. The Morgan fingerprint density at radius 3 is 2.58 bits per heavy atom. The first-order valence-corrected chi connectivity index (χ1v) is 5.79. The molecule has 0 amide bonds. The maximum absolute atomic E-state index is 13.1. The smallest absolute Gasteiger partial charge is 0.144 e. The molecule has 0 spiro atoms. The van der Waals surface area contributed by atoms with Crippen LogP contribution in [0.2, 0.25) is 0 Å². The summed E-state index contributed by atoms with van der Waals surface area (Å²) in [5, 5.41) is 10.0. The molecule has 96 valence electrons. The molecule has 0 radical (unpaired) electrons. The molecule has 0 aromatic heterocycles. The molecule has 19 heavy (non-hydrogen) atoms. The summed E-state index contributed by atoms with van der Waals surface area (Å²) in [6.45, 7) is 0. The average Bonchev–Trinajstić information content (AvgIpc) is 2.45. The van der Waals surface area contributed by atoms with Gasteiger partial charge in [-0.15, -0.1) is 0 Å². The zero-order valence-corrected chi connectivity index (χ0v) is 10.4. The van der Waals surface area contributed by atoms with E-state index < -0.39 is 11.9 Å². The van der Waals surface area contributed by atoms with Gasteiger partial charge in [-0.2, -0.15) is 0 Å². The largest absolute Gasteiger partial charge is 0.496 e. The molecule has 0 aliphatic rings. The third-order valence-electron chi connectivity index (χ3n) is 2.62. The van der Waals surface area contributed by atoms with Crippen molar-refractivity contribution in [1.82, 2.24) is 0 Å². The predicted molar refractivity (Wildman–Crippen MR) is 71.2 cm³/mol. The Labute approximate surface area is 111 Å². The molecule has 1 unspecified atom stereocenters. The van der Waals surface area contributed by atoms with Crippen LogP contribution in [0.1, 0.15) is 17.2 Å². The normalized spacial score (nSPS) is 11.3. The van der Waals surface area contributed by atoms with E-state index in [2.05, 4.69) is 11.8 Å². The number of aliphatic hydroxyl groups is 1. The van der Waals surface area contributed by atoms with Crippen LogP contribution < -0.4 is 4.74 Å². The van der Waals surface area contributed by atoms with E-state index in [0.29, 0.717) is 5.56 Å². The number of aliphatic hydroxyl groups excluding tert-OH is 1. The fourth-order valence-electron chi connectivity index (χ4n) is 1.66. The minimum atomic E-state index is -1.02. The molecule has 0 saturated carbocycles. The molecular formula is C16H13FO2. The van der Waals surface area contributed by atoms with Gasteiger partial charge < -0.3 is 9.84 Å². The monoisotopic (exact) mass is 256 g/mol. The first-order valence-electron chi connectivity index (χ1n) is 5.79. The lowest BCUT2D eigenvalue weighted by molar-refractivity contribution is 0.232. The van der Waals surface area contributed by atoms with E-state index in [0.717, 1.165) is 5.56 Å². The summed E-state index contributed by atoms with van der Waals surface area (Å²) in [5.74, 6) is 5.45. The highest BCUT2D eigenvalue weighted by Crippen LogP contribution is 2.25. The quantitative estimate of drug-likeness (QED) is 0.837. The van der Waals surface area contributed by atoms with Crippen LogP contribution in [0, 0.1) is 17.7 Å². The van der Waals surface area contributed by atoms with E-state index >= 15 is 0 Å². The van der Waals surface area contributed by atoms with Gasteiger partial charge in [0.2, 0.25) is 0 Å². The van der Waals surface area contributed by atoms with E-state index in [4.69, 9.17) is 4.74 Å². The molecule has 2 rings (SSSR count). The Hall–Kier alpha value is -2.31. The van der Waals surface area contributed by atoms with Crippen molar-refractivity contribution in [2.75, 3.05) is 7.11 Å². The lowest BCUT2D eigenvalue weighted by atomic mass is 10.1. The van der Waals surface area contributed by atoms with E-state index in [1.54, 1.807) is 0 Å². The molecule has 2 aromatic rings. The Morgan fingerprint density at radius 2 is 1.89 bits per heavy atom. The van der Waals surface area contributed by atoms with Gasteiger partial charge in [0.25, 0.3) is 0 Å². The number of hydrogen-bond donors (Lipinski definition) is 1. The van der Waals surface area contributed by atoms with Crippen LogP contribution >= 0.6 is 0 Å². The average molecular weight is 256 g/mol. The van der Waals surface area contributed by atoms with Crippen LogP contribution in [0.25, 0.3) is 0 Å². The van der Waals surface area contributed by atoms with Gasteiger partial charge in [0, 0.05) is 17.2 Å². The van der Waals surface area contributed by atoms with Crippen molar-refractivity contribution >= 4 is 0 Å². The molecule has 0 bridgehead atoms. The fourth-order valence-corrected chi connectivity index (χ4v) is 1.66. The molecule has 0 aliphatic heterocycles. The summed E-state index contributed by atoms with van der Waals surface area (Å²) in [5.41, 5.74) is 1.26. The van der Waals surface area contributed by atoms with Crippen molar-refractivity contribution in [3.63, 3.8) is 0 Å². The second kappa shape index (κ2) is 6.03. The van der Waals surface area contributed by atoms with E-state index in [1.165, 1.54) is 25.3 Å². The number of halogens is 1. The maximum Gasteiger partial charge on any atom is 0.144 e. The lowest BCUT2D eigenvalue weighted by Gasteiger charge is -2.09. The highest BCUT2D eigenvalue weighted by Gasteiger charge is 2.11. The third kappa shape index (κ3) is 3.34. The third-order valence-corrected chi connectivity index (χ3v) is 2.62. The zero-order chi connectivity index (χ0) is 13.7. The second-order valence-electron chi connectivity index (χ2n) is 3.92. The SMILES string of the molecule is COc1cc(F)ccc1C(O)C#Cc1ccccc1. The molecule has 0 heterocycles. The van der Waals surface area contributed by atoms with E-state index in [-0.39, 0.29) is 5.75 Å². The van der Waals surface area contributed by atoms with Crippen molar-refractivity contribution in [3.05, 3.63) is 65.5 Å². The first-order chi connectivity index (χ1) is 9.20. The zero-order valence-electron chi connectivity index (χ0n) is 10.4. The van der Waals surface area contributed by atoms with E-state index in [9.17, 15) is 9.50 Å². The van der Waals surface area contributed by atoms with Crippen molar-refractivity contribution in [2.45, 2.75) is 6.10 Å². The van der Waals surface area contributed by atoms with Crippen molar-refractivity contribution in [2.24, 2.45) is 0 Å². The molecule has 2 nitrogen and oxygen atoms in total. The molecule has 1 N–H and O–H groups in total. The highest BCUT2D eigenvalue weighted by molar-refractivity contribution is 5.42. The minimum absolute atomic E-state index is 0.287. The van der Waals surface area contributed by atoms with Gasteiger partial charge in [-0.3, -0.25) is 0 Å². The molecule has 1 atom stereocenters. The van der Waals surface area contributed by atoms with Gasteiger partial charge in [0.1, 0.15) is 17.7 Å². The van der Waals surface area contributed by atoms with Gasteiger partial charge in [0.05, 0.1) is 7.11 Å². The summed E-state index contributed by atoms with van der Waals surface area (Å²) in [6.07, 6.45) is -1.02. The van der Waals surface area contributed by atoms with Crippen molar-refractivity contribution in [1.29, 1.82) is 0 Å². The van der Waals surface area contributed by atoms with Crippen LogP contribution in [-0.4, -0.2) is 12.2 Å². The molecule has 0 aliphatic carbocycles. The summed E-state index contributed by atoms with van der Waals surface area (Å²) in [6, 6.07) is 13.3. The van der Waals surface area contributed by atoms with Gasteiger partial charge >= 0.3 is 0 Å². The van der Waals surface area contributed by atoms with Gasteiger partial charge in [-0.1, -0.05) is 30.0 Å². The number of benzene rings is 2. The van der Waals surface area contributed by atoms with Gasteiger partial charge in [-0.05, 0) is 24.3 Å². The Kier molecular flexibility index (Phi) is 4.17. The van der Waals surface area contributed by atoms with Crippen LogP contribution in [-0.2, 0) is 0 Å². The number of ether oxygens (including phenoxy) is 1. The standard InChI is InChI=1S/C16H13FO2/c1-19-16-11-13(17)8-9-14(16)15(18)10-7-12-5-3-2-4-6-12/h2-6,8-9,11,15,18H,1H3. The van der Waals surface area contributed by atoms with Crippen LogP contribution in [0.15, 0.2) is 48.5 Å². The molecule has 2 aromatic carbocycles. The van der Waals surface area contributed by atoms with E-state index in [1.807, 2.05) is 30.3 Å². The fraction of sp³-hybridized carbons (Fsp3) is 0.125. The van der Waals surface area contributed by atoms with Crippen LogP contribution in [0.4, 0.5) is 4.39 Å². The summed E-state index contributed by atoms with van der Waals surface area (Å²) >= 11 is 0. The molecular weight excluding hydrogens is 243 g/mol. The maximum atomic E-state index is 13.1. The van der Waals surface area contributed by atoms with Gasteiger partial charge in [0.15, 0.2) is 0 Å².